The van der Waals surface area contributed by atoms with Gasteiger partial charge in [0.1, 0.15) is 12.0 Å². The van der Waals surface area contributed by atoms with Crippen molar-refractivity contribution < 1.29 is 9.47 Å². The zero-order valence-corrected chi connectivity index (χ0v) is 11.4. The summed E-state index contributed by atoms with van der Waals surface area (Å²) in [5, 5.41) is 0. The highest BCUT2D eigenvalue weighted by Crippen LogP contribution is 2.18. The molecule has 2 rings (SSSR count). The molecule has 0 aliphatic carbocycles. The van der Waals surface area contributed by atoms with Crippen molar-refractivity contribution in [2.45, 2.75) is 39.5 Å². The van der Waals surface area contributed by atoms with Crippen LogP contribution in [0.25, 0.3) is 0 Å². The predicted octanol–water partition coefficient (Wildman–Crippen LogP) is 3.04. The van der Waals surface area contributed by atoms with Crippen molar-refractivity contribution in [3.8, 4) is 5.75 Å². The van der Waals surface area contributed by atoms with Crippen LogP contribution in [0.3, 0.4) is 0 Å². The Morgan fingerprint density at radius 1 is 1.17 bits per heavy atom. The third kappa shape index (κ3) is 3.72. The van der Waals surface area contributed by atoms with Gasteiger partial charge in [-0.25, -0.2) is 0 Å². The van der Waals surface area contributed by atoms with E-state index in [2.05, 4.69) is 24.0 Å². The van der Waals surface area contributed by atoms with Crippen LogP contribution >= 0.6 is 0 Å². The monoisotopic (exact) mass is 249 g/mol. The summed E-state index contributed by atoms with van der Waals surface area (Å²) in [6, 6.07) is 8.20. The van der Waals surface area contributed by atoms with Crippen molar-refractivity contribution in [1.29, 1.82) is 0 Å². The van der Waals surface area contributed by atoms with Gasteiger partial charge in [-0.05, 0) is 44.4 Å². The second-order valence-corrected chi connectivity index (χ2v) is 4.74. The second-order valence-electron chi connectivity index (χ2n) is 4.74. The average Bonchev–Trinajstić information content (AvgIpc) is 2.92. The van der Waals surface area contributed by atoms with Gasteiger partial charge in [0, 0.05) is 19.7 Å². The highest BCUT2D eigenvalue weighted by molar-refractivity contribution is 5.27. The molecule has 0 N–H and O–H groups in total. The normalized spacial score (nSPS) is 17.9. The van der Waals surface area contributed by atoms with Crippen molar-refractivity contribution in [1.82, 2.24) is 4.90 Å². The molecule has 100 valence electrons. The third-order valence-corrected chi connectivity index (χ3v) is 3.36. The molecule has 0 bridgehead atoms. The van der Waals surface area contributed by atoms with Crippen molar-refractivity contribution >= 4 is 0 Å². The van der Waals surface area contributed by atoms with Crippen molar-refractivity contribution in [2.24, 2.45) is 0 Å². The molecule has 0 radical (unpaired) electrons. The van der Waals surface area contributed by atoms with Crippen LogP contribution in [0.5, 0.6) is 5.75 Å². The highest BCUT2D eigenvalue weighted by atomic mass is 16.5. The van der Waals surface area contributed by atoms with E-state index in [1.165, 1.54) is 18.4 Å². The van der Waals surface area contributed by atoms with E-state index >= 15 is 0 Å². The first kappa shape index (κ1) is 13.4. The maximum atomic E-state index is 5.94. The Kier molecular flexibility index (Phi) is 5.02. The maximum Gasteiger partial charge on any atom is 0.149 e. The van der Waals surface area contributed by atoms with Crippen molar-refractivity contribution in [2.75, 3.05) is 19.7 Å². The summed E-state index contributed by atoms with van der Waals surface area (Å²) in [6.45, 7) is 7.88. The Hall–Kier alpha value is -1.06. The molecule has 3 nitrogen and oxygen atoms in total. The Morgan fingerprint density at radius 3 is 2.44 bits per heavy atom. The molecule has 0 spiro atoms. The van der Waals surface area contributed by atoms with Gasteiger partial charge in [0.2, 0.25) is 0 Å². The first-order valence-electron chi connectivity index (χ1n) is 6.87. The van der Waals surface area contributed by atoms with E-state index in [-0.39, 0.29) is 6.23 Å². The quantitative estimate of drug-likeness (QED) is 0.773. The summed E-state index contributed by atoms with van der Waals surface area (Å²) < 4.78 is 11.3. The number of benzene rings is 1. The van der Waals surface area contributed by atoms with Crippen LogP contribution < -0.4 is 4.74 Å². The van der Waals surface area contributed by atoms with Crippen molar-refractivity contribution in [3.05, 3.63) is 29.8 Å². The lowest BCUT2D eigenvalue weighted by molar-refractivity contribution is 0.0591. The van der Waals surface area contributed by atoms with Gasteiger partial charge in [0.25, 0.3) is 0 Å². The van der Waals surface area contributed by atoms with E-state index in [9.17, 15) is 0 Å². The Labute approximate surface area is 110 Å². The molecule has 18 heavy (non-hydrogen) atoms. The number of hydrogen-bond acceptors (Lipinski definition) is 3. The van der Waals surface area contributed by atoms with Gasteiger partial charge in [-0.2, -0.15) is 0 Å². The Bertz CT molecular complexity index is 344. The minimum Gasteiger partial charge on any atom is -0.475 e. The first-order valence-corrected chi connectivity index (χ1v) is 6.87. The summed E-state index contributed by atoms with van der Waals surface area (Å²) in [6.07, 6.45) is 2.76. The maximum absolute atomic E-state index is 5.94. The fourth-order valence-corrected chi connectivity index (χ4v) is 2.26. The number of likely N-dealkylation sites (tertiary alicyclic amines) is 1. The third-order valence-electron chi connectivity index (χ3n) is 3.36. The Morgan fingerprint density at radius 2 is 1.83 bits per heavy atom. The zero-order valence-electron chi connectivity index (χ0n) is 11.4. The molecule has 1 atom stereocenters. The van der Waals surface area contributed by atoms with Gasteiger partial charge in [-0.15, -0.1) is 0 Å². The van der Waals surface area contributed by atoms with Crippen LogP contribution in [0.4, 0.5) is 0 Å². The highest BCUT2D eigenvalue weighted by Gasteiger charge is 2.18. The lowest BCUT2D eigenvalue weighted by atomic mass is 10.2. The Balaban J connectivity index is 1.85. The molecule has 1 aliphatic rings. The molecular weight excluding hydrogens is 226 g/mol. The topological polar surface area (TPSA) is 21.7 Å². The summed E-state index contributed by atoms with van der Waals surface area (Å²) in [4.78, 5) is 2.38. The molecule has 1 heterocycles. The smallest absolute Gasteiger partial charge is 0.149 e. The van der Waals surface area contributed by atoms with E-state index in [4.69, 9.17) is 9.47 Å². The molecule has 1 aromatic carbocycles. The van der Waals surface area contributed by atoms with Gasteiger partial charge >= 0.3 is 0 Å². The average molecular weight is 249 g/mol. The van der Waals surface area contributed by atoms with E-state index in [0.717, 1.165) is 25.4 Å². The summed E-state index contributed by atoms with van der Waals surface area (Å²) in [7, 11) is 0. The number of nitrogens with zero attached hydrogens (tertiary/aromatic N) is 1. The first-order chi connectivity index (χ1) is 8.79. The molecule has 1 unspecified atom stereocenters. The van der Waals surface area contributed by atoms with Crippen LogP contribution in [0.15, 0.2) is 24.3 Å². The van der Waals surface area contributed by atoms with E-state index in [0.29, 0.717) is 6.61 Å². The van der Waals surface area contributed by atoms with Crippen LogP contribution in [-0.4, -0.2) is 30.8 Å². The molecular formula is C15H23NO2. The molecule has 1 fully saturated rings. The van der Waals surface area contributed by atoms with Crippen LogP contribution in [-0.2, 0) is 11.3 Å². The number of rotatable bonds is 6. The molecule has 1 aromatic rings. The zero-order chi connectivity index (χ0) is 12.8. The van der Waals surface area contributed by atoms with Crippen molar-refractivity contribution in [3.63, 3.8) is 0 Å². The number of hydrogen-bond donors (Lipinski definition) is 0. The van der Waals surface area contributed by atoms with E-state index < -0.39 is 0 Å². The van der Waals surface area contributed by atoms with Crippen LogP contribution in [0.1, 0.15) is 32.3 Å². The standard InChI is InChI=1S/C15H23NO2/c1-3-17-12-14-6-8-15(9-7-14)18-13(2)16-10-4-5-11-16/h6-9,13H,3-5,10-12H2,1-2H3. The molecule has 1 saturated heterocycles. The fraction of sp³-hybridized carbons (Fsp3) is 0.600. The minimum atomic E-state index is 0.172. The second kappa shape index (κ2) is 6.76. The van der Waals surface area contributed by atoms with Gasteiger partial charge in [0.05, 0.1) is 6.61 Å². The number of ether oxygens (including phenoxy) is 2. The lowest BCUT2D eigenvalue weighted by Gasteiger charge is -2.24. The largest absolute Gasteiger partial charge is 0.475 e. The molecule has 1 aliphatic heterocycles. The van der Waals surface area contributed by atoms with Crippen LogP contribution in [0.2, 0.25) is 0 Å². The summed E-state index contributed by atoms with van der Waals surface area (Å²) >= 11 is 0. The molecule has 3 heteroatoms. The van der Waals surface area contributed by atoms with Crippen LogP contribution in [0, 0.1) is 0 Å². The SMILES string of the molecule is CCOCc1ccc(OC(C)N2CCCC2)cc1. The minimum absolute atomic E-state index is 0.172. The summed E-state index contributed by atoms with van der Waals surface area (Å²) in [5.74, 6) is 0.939. The fourth-order valence-electron chi connectivity index (χ4n) is 2.26. The molecule has 0 aromatic heterocycles. The van der Waals surface area contributed by atoms with Gasteiger partial charge < -0.3 is 9.47 Å². The van der Waals surface area contributed by atoms with Gasteiger partial charge in [-0.1, -0.05) is 12.1 Å². The lowest BCUT2D eigenvalue weighted by Crippen LogP contribution is -2.34. The van der Waals surface area contributed by atoms with E-state index in [1.807, 2.05) is 19.1 Å². The van der Waals surface area contributed by atoms with E-state index in [1.54, 1.807) is 0 Å². The predicted molar refractivity (Wildman–Crippen MR) is 72.7 cm³/mol. The molecule has 0 saturated carbocycles. The van der Waals surface area contributed by atoms with Gasteiger partial charge in [0.15, 0.2) is 0 Å². The summed E-state index contributed by atoms with van der Waals surface area (Å²) in [5.41, 5.74) is 1.19. The molecule has 0 amide bonds. The van der Waals surface area contributed by atoms with Gasteiger partial charge in [-0.3, -0.25) is 4.90 Å².